The number of hydrogen-bond acceptors (Lipinski definition) is 3. The third-order valence-electron chi connectivity index (χ3n) is 4.22. The van der Waals surface area contributed by atoms with E-state index in [1.807, 2.05) is 0 Å². The van der Waals surface area contributed by atoms with E-state index in [1.165, 1.54) is 48.9 Å². The Morgan fingerprint density at radius 3 is 2.75 bits per heavy atom. The molecule has 0 aliphatic heterocycles. The highest BCUT2D eigenvalue weighted by atomic mass is 15.2. The molecule has 0 fully saturated rings. The Bertz CT molecular complexity index is 440. The second-order valence-corrected chi connectivity index (χ2v) is 6.13. The lowest BCUT2D eigenvalue weighted by Gasteiger charge is -2.30. The van der Waals surface area contributed by atoms with E-state index < -0.39 is 0 Å². The standard InChI is InChI=1S/C17H29N3/c1-4-5-6-10-20(13(2)3)17-15(12-18)11-14-8-7-9-16(14)19-17/h11,13H,4-10,12,18H2,1-3H3. The molecule has 0 spiro atoms. The Kier molecular flexibility index (Phi) is 5.41. The van der Waals surface area contributed by atoms with Crippen molar-refractivity contribution < 1.29 is 0 Å². The van der Waals surface area contributed by atoms with Gasteiger partial charge in [0.05, 0.1) is 0 Å². The molecule has 112 valence electrons. The quantitative estimate of drug-likeness (QED) is 0.775. The summed E-state index contributed by atoms with van der Waals surface area (Å²) in [5, 5.41) is 0. The van der Waals surface area contributed by atoms with E-state index in [9.17, 15) is 0 Å². The molecule has 1 aromatic heterocycles. The molecule has 1 heterocycles. The second-order valence-electron chi connectivity index (χ2n) is 6.13. The third kappa shape index (κ3) is 3.32. The van der Waals surface area contributed by atoms with Crippen LogP contribution in [0.2, 0.25) is 0 Å². The molecular formula is C17H29N3. The van der Waals surface area contributed by atoms with E-state index in [0.717, 1.165) is 18.8 Å². The van der Waals surface area contributed by atoms with Crippen molar-refractivity contribution in [2.75, 3.05) is 11.4 Å². The van der Waals surface area contributed by atoms with Crippen molar-refractivity contribution in [3.8, 4) is 0 Å². The Morgan fingerprint density at radius 1 is 1.30 bits per heavy atom. The monoisotopic (exact) mass is 275 g/mol. The first-order valence-electron chi connectivity index (χ1n) is 8.15. The lowest BCUT2D eigenvalue weighted by atomic mass is 10.1. The number of hydrogen-bond donors (Lipinski definition) is 1. The van der Waals surface area contributed by atoms with Gasteiger partial charge in [0.1, 0.15) is 5.82 Å². The predicted molar refractivity (Wildman–Crippen MR) is 86.2 cm³/mol. The van der Waals surface area contributed by atoms with E-state index >= 15 is 0 Å². The first-order chi connectivity index (χ1) is 9.67. The van der Waals surface area contributed by atoms with E-state index in [2.05, 4.69) is 31.7 Å². The summed E-state index contributed by atoms with van der Waals surface area (Å²) in [5.74, 6) is 1.14. The fraction of sp³-hybridized carbons (Fsp3) is 0.706. The highest BCUT2D eigenvalue weighted by Gasteiger charge is 2.20. The molecule has 0 atom stereocenters. The van der Waals surface area contributed by atoms with Crippen LogP contribution < -0.4 is 10.6 Å². The Balaban J connectivity index is 2.27. The van der Waals surface area contributed by atoms with Gasteiger partial charge in [0.25, 0.3) is 0 Å². The van der Waals surface area contributed by atoms with Crippen molar-refractivity contribution in [2.24, 2.45) is 5.73 Å². The summed E-state index contributed by atoms with van der Waals surface area (Å²) in [7, 11) is 0. The third-order valence-corrected chi connectivity index (χ3v) is 4.22. The summed E-state index contributed by atoms with van der Waals surface area (Å²) >= 11 is 0. The zero-order chi connectivity index (χ0) is 14.5. The lowest BCUT2D eigenvalue weighted by molar-refractivity contribution is 0.616. The van der Waals surface area contributed by atoms with Gasteiger partial charge in [0.15, 0.2) is 0 Å². The first kappa shape index (κ1) is 15.3. The van der Waals surface area contributed by atoms with Gasteiger partial charge in [-0.15, -0.1) is 0 Å². The molecule has 1 aromatic rings. The van der Waals surface area contributed by atoms with Crippen molar-refractivity contribution in [3.63, 3.8) is 0 Å². The minimum Gasteiger partial charge on any atom is -0.354 e. The Labute approximate surface area is 123 Å². The van der Waals surface area contributed by atoms with Gasteiger partial charge < -0.3 is 10.6 Å². The van der Waals surface area contributed by atoms with Crippen molar-refractivity contribution in [1.82, 2.24) is 4.98 Å². The van der Waals surface area contributed by atoms with Gasteiger partial charge in [0, 0.05) is 30.4 Å². The number of anilines is 1. The number of nitrogens with zero attached hydrogens (tertiary/aromatic N) is 2. The topological polar surface area (TPSA) is 42.2 Å². The number of aromatic nitrogens is 1. The average Bonchev–Trinajstić information content (AvgIpc) is 2.89. The van der Waals surface area contributed by atoms with Crippen molar-refractivity contribution in [1.29, 1.82) is 0 Å². The van der Waals surface area contributed by atoms with Crippen LogP contribution in [-0.4, -0.2) is 17.6 Å². The van der Waals surface area contributed by atoms with Crippen molar-refractivity contribution in [2.45, 2.75) is 71.9 Å². The largest absolute Gasteiger partial charge is 0.354 e. The minimum absolute atomic E-state index is 0.476. The summed E-state index contributed by atoms with van der Waals surface area (Å²) in [4.78, 5) is 7.41. The van der Waals surface area contributed by atoms with Gasteiger partial charge in [-0.25, -0.2) is 4.98 Å². The van der Waals surface area contributed by atoms with E-state index in [4.69, 9.17) is 10.7 Å². The maximum Gasteiger partial charge on any atom is 0.133 e. The molecule has 0 saturated heterocycles. The number of rotatable bonds is 7. The maximum absolute atomic E-state index is 5.97. The first-order valence-corrected chi connectivity index (χ1v) is 8.15. The minimum atomic E-state index is 0.476. The molecule has 2 rings (SSSR count). The zero-order valence-corrected chi connectivity index (χ0v) is 13.3. The van der Waals surface area contributed by atoms with Gasteiger partial charge in [-0.1, -0.05) is 19.8 Å². The van der Waals surface area contributed by atoms with Gasteiger partial charge in [-0.3, -0.25) is 0 Å². The fourth-order valence-corrected chi connectivity index (χ4v) is 3.05. The Morgan fingerprint density at radius 2 is 2.10 bits per heavy atom. The number of unbranched alkanes of at least 4 members (excludes halogenated alkanes) is 2. The molecule has 0 amide bonds. The van der Waals surface area contributed by atoms with Crippen LogP contribution in [-0.2, 0) is 19.4 Å². The highest BCUT2D eigenvalue weighted by Crippen LogP contribution is 2.28. The molecule has 20 heavy (non-hydrogen) atoms. The smallest absolute Gasteiger partial charge is 0.133 e. The van der Waals surface area contributed by atoms with Crippen LogP contribution in [0.25, 0.3) is 0 Å². The Hall–Kier alpha value is -1.09. The fourth-order valence-electron chi connectivity index (χ4n) is 3.05. The van der Waals surface area contributed by atoms with Crippen LogP contribution in [0.15, 0.2) is 6.07 Å². The van der Waals surface area contributed by atoms with Crippen LogP contribution in [0.1, 0.15) is 63.3 Å². The summed E-state index contributed by atoms with van der Waals surface area (Å²) in [6, 6.07) is 2.78. The molecule has 3 heteroatoms. The number of pyridine rings is 1. The van der Waals surface area contributed by atoms with Crippen LogP contribution >= 0.6 is 0 Å². The molecule has 0 bridgehead atoms. The number of nitrogens with two attached hydrogens (primary N) is 1. The molecule has 0 saturated carbocycles. The number of aryl methyl sites for hydroxylation is 2. The summed E-state index contributed by atoms with van der Waals surface area (Å²) < 4.78 is 0. The molecule has 1 aliphatic rings. The van der Waals surface area contributed by atoms with Crippen LogP contribution in [0.5, 0.6) is 0 Å². The van der Waals surface area contributed by atoms with Crippen LogP contribution in [0, 0.1) is 0 Å². The molecule has 3 nitrogen and oxygen atoms in total. The van der Waals surface area contributed by atoms with Gasteiger partial charge >= 0.3 is 0 Å². The molecule has 0 unspecified atom stereocenters. The number of fused-ring (bicyclic) bond motifs is 1. The van der Waals surface area contributed by atoms with Crippen LogP contribution in [0.3, 0.4) is 0 Å². The SMILES string of the molecule is CCCCCN(c1nc2c(cc1CN)CCC2)C(C)C. The van der Waals surface area contributed by atoms with Gasteiger partial charge in [0.2, 0.25) is 0 Å². The molecule has 2 N–H and O–H groups in total. The zero-order valence-electron chi connectivity index (χ0n) is 13.3. The van der Waals surface area contributed by atoms with E-state index in [0.29, 0.717) is 12.6 Å². The summed E-state index contributed by atoms with van der Waals surface area (Å²) in [5.41, 5.74) is 9.92. The molecule has 0 radical (unpaired) electrons. The average molecular weight is 275 g/mol. The second kappa shape index (κ2) is 7.07. The van der Waals surface area contributed by atoms with Crippen LogP contribution in [0.4, 0.5) is 5.82 Å². The lowest BCUT2D eigenvalue weighted by Crippen LogP contribution is -2.34. The van der Waals surface area contributed by atoms with Gasteiger partial charge in [-0.2, -0.15) is 0 Å². The normalized spacial score (nSPS) is 13.8. The van der Waals surface area contributed by atoms with Gasteiger partial charge in [-0.05, 0) is 51.2 Å². The molecule has 0 aromatic carbocycles. The molecular weight excluding hydrogens is 246 g/mol. The van der Waals surface area contributed by atoms with E-state index in [1.54, 1.807) is 0 Å². The van der Waals surface area contributed by atoms with E-state index in [-0.39, 0.29) is 0 Å². The van der Waals surface area contributed by atoms with Crippen molar-refractivity contribution in [3.05, 3.63) is 22.9 Å². The summed E-state index contributed by atoms with van der Waals surface area (Å²) in [6.07, 6.45) is 7.32. The predicted octanol–water partition coefficient (Wildman–Crippen LogP) is 3.43. The van der Waals surface area contributed by atoms with Crippen molar-refractivity contribution >= 4 is 5.82 Å². The molecule has 1 aliphatic carbocycles. The summed E-state index contributed by atoms with van der Waals surface area (Å²) in [6.45, 7) is 8.43. The highest BCUT2D eigenvalue weighted by molar-refractivity contribution is 5.51. The maximum atomic E-state index is 5.97.